The molecule has 18 heavy (non-hydrogen) atoms. The van der Waals surface area contributed by atoms with Crippen LogP contribution in [0.25, 0.3) is 0 Å². The second-order valence-corrected chi connectivity index (χ2v) is 5.04. The van der Waals surface area contributed by atoms with Crippen molar-refractivity contribution in [3.63, 3.8) is 0 Å². The van der Waals surface area contributed by atoms with Gasteiger partial charge in [-0.25, -0.2) is 0 Å². The fourth-order valence-electron chi connectivity index (χ4n) is 2.70. The van der Waals surface area contributed by atoms with E-state index in [1.807, 2.05) is 18.2 Å². The van der Waals surface area contributed by atoms with Crippen LogP contribution in [0.15, 0.2) is 30.3 Å². The monoisotopic (exact) mass is 247 g/mol. The summed E-state index contributed by atoms with van der Waals surface area (Å²) in [6.45, 7) is 2.09. The molecule has 0 aromatic heterocycles. The summed E-state index contributed by atoms with van der Waals surface area (Å²) in [7, 11) is 0. The number of carbonyl (C=O) groups is 1. The third-order valence-electron chi connectivity index (χ3n) is 3.63. The molecule has 1 unspecified atom stereocenters. The normalized spacial score (nSPS) is 18.4. The molecule has 0 amide bonds. The van der Waals surface area contributed by atoms with Gasteiger partial charge in [-0.05, 0) is 37.9 Å². The summed E-state index contributed by atoms with van der Waals surface area (Å²) in [5, 5.41) is 9.07. The first-order valence-corrected chi connectivity index (χ1v) is 6.75. The Morgan fingerprint density at radius 2 is 1.83 bits per heavy atom. The molecule has 0 saturated carbocycles. The lowest BCUT2D eigenvalue weighted by atomic mass is 9.99. The highest BCUT2D eigenvalue weighted by Crippen LogP contribution is 2.18. The topological polar surface area (TPSA) is 40.5 Å². The number of nitrogens with zero attached hydrogens (tertiary/aromatic N) is 1. The first-order chi connectivity index (χ1) is 8.75. The molecule has 3 nitrogen and oxygen atoms in total. The zero-order valence-corrected chi connectivity index (χ0v) is 10.7. The third kappa shape index (κ3) is 3.84. The molecule has 1 aliphatic rings. The predicted octanol–water partition coefficient (Wildman–Crippen LogP) is 2.56. The van der Waals surface area contributed by atoms with Crippen LogP contribution >= 0.6 is 0 Å². The van der Waals surface area contributed by atoms with Gasteiger partial charge in [-0.1, -0.05) is 36.8 Å². The Morgan fingerprint density at radius 3 is 2.44 bits per heavy atom. The first-order valence-electron chi connectivity index (χ1n) is 6.75. The molecular formula is C15H21NO2. The number of likely N-dealkylation sites (tertiary alicyclic amines) is 1. The standard InChI is InChI=1S/C15H21NO2/c17-15(18)12-14(16-9-5-2-6-10-16)11-13-7-3-1-4-8-13/h1,3-4,7-8,14H,2,5-6,9-12H2,(H,17,18). The number of piperidine rings is 1. The fraction of sp³-hybridized carbons (Fsp3) is 0.533. The first kappa shape index (κ1) is 13.1. The Morgan fingerprint density at radius 1 is 1.17 bits per heavy atom. The van der Waals surface area contributed by atoms with Crippen LogP contribution in [0.5, 0.6) is 0 Å². The van der Waals surface area contributed by atoms with Crippen LogP contribution in [0.3, 0.4) is 0 Å². The third-order valence-corrected chi connectivity index (χ3v) is 3.63. The minimum Gasteiger partial charge on any atom is -0.481 e. The smallest absolute Gasteiger partial charge is 0.304 e. The molecule has 0 aliphatic carbocycles. The van der Waals surface area contributed by atoms with Crippen LogP contribution < -0.4 is 0 Å². The number of benzene rings is 1. The summed E-state index contributed by atoms with van der Waals surface area (Å²) in [6.07, 6.45) is 4.76. The summed E-state index contributed by atoms with van der Waals surface area (Å²) in [5.41, 5.74) is 1.23. The lowest BCUT2D eigenvalue weighted by molar-refractivity contribution is -0.138. The Bertz CT molecular complexity index is 371. The molecule has 1 saturated heterocycles. The van der Waals surface area contributed by atoms with Gasteiger partial charge < -0.3 is 5.11 Å². The van der Waals surface area contributed by atoms with Gasteiger partial charge in [0, 0.05) is 6.04 Å². The van der Waals surface area contributed by atoms with Crippen molar-refractivity contribution >= 4 is 5.97 Å². The van der Waals surface area contributed by atoms with Crippen molar-refractivity contribution in [1.29, 1.82) is 0 Å². The minimum atomic E-state index is -0.693. The number of hydrogen-bond donors (Lipinski definition) is 1. The van der Waals surface area contributed by atoms with E-state index in [1.165, 1.54) is 24.8 Å². The molecule has 3 heteroatoms. The second-order valence-electron chi connectivity index (χ2n) is 5.04. The Labute approximate surface area is 108 Å². The van der Waals surface area contributed by atoms with Gasteiger partial charge in [-0.3, -0.25) is 9.69 Å². The number of carboxylic acids is 1. The van der Waals surface area contributed by atoms with Crippen molar-refractivity contribution in [1.82, 2.24) is 4.90 Å². The largest absolute Gasteiger partial charge is 0.481 e. The Kier molecular flexibility index (Phi) is 4.76. The Balaban J connectivity index is 2.02. The van der Waals surface area contributed by atoms with E-state index in [-0.39, 0.29) is 12.5 Å². The van der Waals surface area contributed by atoms with E-state index in [2.05, 4.69) is 17.0 Å². The molecule has 1 aromatic rings. The zero-order valence-electron chi connectivity index (χ0n) is 10.7. The van der Waals surface area contributed by atoms with Gasteiger partial charge in [0.2, 0.25) is 0 Å². The molecule has 1 N–H and O–H groups in total. The van der Waals surface area contributed by atoms with E-state index in [1.54, 1.807) is 0 Å². The number of hydrogen-bond acceptors (Lipinski definition) is 2. The van der Waals surface area contributed by atoms with Gasteiger partial charge in [0.05, 0.1) is 6.42 Å². The van der Waals surface area contributed by atoms with Gasteiger partial charge in [0.1, 0.15) is 0 Å². The molecule has 1 aliphatic heterocycles. The summed E-state index contributed by atoms with van der Waals surface area (Å²) < 4.78 is 0. The maximum absolute atomic E-state index is 11.0. The van der Waals surface area contributed by atoms with E-state index >= 15 is 0 Å². The van der Waals surface area contributed by atoms with Crippen molar-refractivity contribution in [2.24, 2.45) is 0 Å². The van der Waals surface area contributed by atoms with Gasteiger partial charge in [0.25, 0.3) is 0 Å². The predicted molar refractivity (Wildman–Crippen MR) is 71.6 cm³/mol. The van der Waals surface area contributed by atoms with E-state index in [4.69, 9.17) is 5.11 Å². The Hall–Kier alpha value is -1.35. The van der Waals surface area contributed by atoms with Gasteiger partial charge in [0.15, 0.2) is 0 Å². The van der Waals surface area contributed by atoms with E-state index in [0.717, 1.165) is 19.5 Å². The zero-order chi connectivity index (χ0) is 12.8. The van der Waals surface area contributed by atoms with Crippen LogP contribution in [0.4, 0.5) is 0 Å². The lowest BCUT2D eigenvalue weighted by Gasteiger charge is -2.34. The van der Waals surface area contributed by atoms with Crippen LogP contribution in [-0.4, -0.2) is 35.1 Å². The molecule has 1 fully saturated rings. The van der Waals surface area contributed by atoms with Gasteiger partial charge >= 0.3 is 5.97 Å². The highest BCUT2D eigenvalue weighted by atomic mass is 16.4. The van der Waals surface area contributed by atoms with Gasteiger partial charge in [-0.2, -0.15) is 0 Å². The number of aliphatic carboxylic acids is 1. The molecule has 0 bridgehead atoms. The van der Waals surface area contributed by atoms with Crippen molar-refractivity contribution in [2.75, 3.05) is 13.1 Å². The number of rotatable bonds is 5. The van der Waals surface area contributed by atoms with Crippen LogP contribution in [-0.2, 0) is 11.2 Å². The van der Waals surface area contributed by atoms with Crippen molar-refractivity contribution in [2.45, 2.75) is 38.1 Å². The molecule has 0 spiro atoms. The van der Waals surface area contributed by atoms with Crippen LogP contribution in [0.2, 0.25) is 0 Å². The molecule has 1 aromatic carbocycles. The maximum Gasteiger partial charge on any atom is 0.304 e. The molecule has 1 atom stereocenters. The molecule has 1 heterocycles. The van der Waals surface area contributed by atoms with Crippen molar-refractivity contribution < 1.29 is 9.90 Å². The quantitative estimate of drug-likeness (QED) is 0.869. The molecule has 98 valence electrons. The summed E-state index contributed by atoms with van der Waals surface area (Å²) in [5.74, 6) is -0.693. The summed E-state index contributed by atoms with van der Waals surface area (Å²) in [4.78, 5) is 13.4. The minimum absolute atomic E-state index is 0.144. The average molecular weight is 247 g/mol. The van der Waals surface area contributed by atoms with Crippen molar-refractivity contribution in [3.8, 4) is 0 Å². The van der Waals surface area contributed by atoms with Crippen LogP contribution in [0.1, 0.15) is 31.2 Å². The highest BCUT2D eigenvalue weighted by Gasteiger charge is 2.23. The maximum atomic E-state index is 11.0. The van der Waals surface area contributed by atoms with E-state index < -0.39 is 5.97 Å². The summed E-state index contributed by atoms with van der Waals surface area (Å²) >= 11 is 0. The second kappa shape index (κ2) is 6.55. The summed E-state index contributed by atoms with van der Waals surface area (Å²) in [6, 6.07) is 10.3. The lowest BCUT2D eigenvalue weighted by Crippen LogP contribution is -2.41. The fourth-order valence-corrected chi connectivity index (χ4v) is 2.70. The highest BCUT2D eigenvalue weighted by molar-refractivity contribution is 5.67. The average Bonchev–Trinajstić information content (AvgIpc) is 2.40. The molecular weight excluding hydrogens is 226 g/mol. The van der Waals surface area contributed by atoms with Crippen molar-refractivity contribution in [3.05, 3.63) is 35.9 Å². The van der Waals surface area contributed by atoms with E-state index in [0.29, 0.717) is 0 Å². The molecule has 0 radical (unpaired) electrons. The van der Waals surface area contributed by atoms with Gasteiger partial charge in [-0.15, -0.1) is 0 Å². The number of carboxylic acid groups (broad SMARTS) is 1. The SMILES string of the molecule is O=C(O)CC(Cc1ccccc1)N1CCCCC1. The van der Waals surface area contributed by atoms with Crippen LogP contribution in [0, 0.1) is 0 Å². The van der Waals surface area contributed by atoms with E-state index in [9.17, 15) is 4.79 Å². The molecule has 2 rings (SSSR count).